The fourth-order valence-corrected chi connectivity index (χ4v) is 1.76. The van der Waals surface area contributed by atoms with E-state index in [0.29, 0.717) is 5.92 Å². The third-order valence-corrected chi connectivity index (χ3v) is 2.81. The number of imide groups is 1. The van der Waals surface area contributed by atoms with Crippen molar-refractivity contribution in [3.8, 4) is 0 Å². The molecule has 1 fully saturated rings. The van der Waals surface area contributed by atoms with Crippen LogP contribution in [0.25, 0.3) is 0 Å². The normalized spacial score (nSPS) is 15.8. The van der Waals surface area contributed by atoms with Crippen LogP contribution < -0.4 is 10.6 Å². The number of hydrogen-bond acceptors (Lipinski definition) is 3. The van der Waals surface area contributed by atoms with Crippen molar-refractivity contribution in [1.29, 1.82) is 0 Å². The van der Waals surface area contributed by atoms with E-state index in [1.807, 2.05) is 6.92 Å². The molecule has 1 aliphatic rings. The molecule has 0 radical (unpaired) electrons. The lowest BCUT2D eigenvalue weighted by Gasteiger charge is -2.13. The van der Waals surface area contributed by atoms with Crippen LogP contribution in [0.2, 0.25) is 0 Å². The summed E-state index contributed by atoms with van der Waals surface area (Å²) in [5.74, 6) is -0.663. The zero-order valence-electron chi connectivity index (χ0n) is 10.6. The predicted molar refractivity (Wildman–Crippen MR) is 65.0 cm³/mol. The van der Waals surface area contributed by atoms with Gasteiger partial charge in [-0.2, -0.15) is 0 Å². The summed E-state index contributed by atoms with van der Waals surface area (Å²) < 4.78 is 0. The predicted octanol–water partition coefficient (Wildman–Crippen LogP) is 1.26. The second-order valence-corrected chi connectivity index (χ2v) is 4.85. The highest BCUT2D eigenvalue weighted by atomic mass is 16.4. The standard InChI is InChI=1S/C12H20N2O4/c1-8(7-9-5-6-9)13-12(18)14-10(15)3-2-4-11(16)17/h8-9H,2-7H2,1H3,(H,16,17)(H2,13,14,15,18). The van der Waals surface area contributed by atoms with Gasteiger partial charge in [0, 0.05) is 18.9 Å². The third-order valence-electron chi connectivity index (χ3n) is 2.81. The molecule has 0 aromatic rings. The Morgan fingerprint density at radius 3 is 2.50 bits per heavy atom. The van der Waals surface area contributed by atoms with Crippen LogP contribution in [0.5, 0.6) is 0 Å². The minimum absolute atomic E-state index is 0.0523. The molecule has 0 spiro atoms. The van der Waals surface area contributed by atoms with Crippen molar-refractivity contribution >= 4 is 17.9 Å². The quantitative estimate of drug-likeness (QED) is 0.639. The lowest BCUT2D eigenvalue weighted by molar-refractivity contribution is -0.137. The summed E-state index contributed by atoms with van der Waals surface area (Å²) in [6.07, 6.45) is 3.63. The summed E-state index contributed by atoms with van der Waals surface area (Å²) in [5, 5.41) is 13.3. The van der Waals surface area contributed by atoms with Gasteiger partial charge in [-0.15, -0.1) is 0 Å². The van der Waals surface area contributed by atoms with Crippen molar-refractivity contribution in [1.82, 2.24) is 10.6 Å². The molecule has 1 rings (SSSR count). The number of urea groups is 1. The maximum Gasteiger partial charge on any atom is 0.321 e. The molecule has 0 aliphatic heterocycles. The molecule has 0 aromatic heterocycles. The molecule has 0 saturated heterocycles. The number of carbonyl (C=O) groups is 3. The van der Waals surface area contributed by atoms with Crippen molar-refractivity contribution in [2.45, 2.75) is 51.5 Å². The van der Waals surface area contributed by atoms with Crippen molar-refractivity contribution < 1.29 is 19.5 Å². The first-order valence-electron chi connectivity index (χ1n) is 6.29. The molecular formula is C12H20N2O4. The van der Waals surface area contributed by atoms with Crippen LogP contribution in [0, 0.1) is 5.92 Å². The Balaban J connectivity index is 2.09. The summed E-state index contributed by atoms with van der Waals surface area (Å²) in [5.41, 5.74) is 0. The molecule has 18 heavy (non-hydrogen) atoms. The molecule has 0 heterocycles. The maximum absolute atomic E-state index is 11.4. The second-order valence-electron chi connectivity index (χ2n) is 4.85. The second kappa shape index (κ2) is 6.98. The van der Waals surface area contributed by atoms with Gasteiger partial charge in [-0.1, -0.05) is 12.8 Å². The zero-order chi connectivity index (χ0) is 13.5. The number of aliphatic carboxylic acids is 1. The summed E-state index contributed by atoms with van der Waals surface area (Å²) in [6.45, 7) is 1.91. The van der Waals surface area contributed by atoms with Crippen molar-refractivity contribution in [2.24, 2.45) is 5.92 Å². The molecule has 3 amide bonds. The minimum Gasteiger partial charge on any atom is -0.481 e. The van der Waals surface area contributed by atoms with E-state index in [1.54, 1.807) is 0 Å². The summed E-state index contributed by atoms with van der Waals surface area (Å²) in [7, 11) is 0. The molecule has 0 aromatic carbocycles. The smallest absolute Gasteiger partial charge is 0.321 e. The van der Waals surface area contributed by atoms with Gasteiger partial charge < -0.3 is 10.4 Å². The van der Waals surface area contributed by atoms with Gasteiger partial charge in [-0.05, 0) is 25.7 Å². The first-order chi connectivity index (χ1) is 8.47. The van der Waals surface area contributed by atoms with E-state index in [0.717, 1.165) is 6.42 Å². The number of amides is 3. The SMILES string of the molecule is CC(CC1CC1)NC(=O)NC(=O)CCCC(=O)O. The molecule has 1 atom stereocenters. The Hall–Kier alpha value is -1.59. The van der Waals surface area contributed by atoms with Gasteiger partial charge in [0.25, 0.3) is 0 Å². The van der Waals surface area contributed by atoms with Crippen LogP contribution in [0.15, 0.2) is 0 Å². The van der Waals surface area contributed by atoms with Crippen molar-refractivity contribution in [3.05, 3.63) is 0 Å². The molecule has 6 nitrogen and oxygen atoms in total. The Labute approximate surface area is 106 Å². The Kier molecular flexibility index (Phi) is 5.61. The van der Waals surface area contributed by atoms with Gasteiger partial charge in [0.05, 0.1) is 0 Å². The average molecular weight is 256 g/mol. The highest BCUT2D eigenvalue weighted by molar-refractivity contribution is 5.94. The topological polar surface area (TPSA) is 95.5 Å². The van der Waals surface area contributed by atoms with Gasteiger partial charge in [0.15, 0.2) is 0 Å². The average Bonchev–Trinajstić information content (AvgIpc) is 2.99. The zero-order valence-corrected chi connectivity index (χ0v) is 10.6. The molecule has 102 valence electrons. The fraction of sp³-hybridized carbons (Fsp3) is 0.750. The van der Waals surface area contributed by atoms with Gasteiger partial charge in [-0.25, -0.2) is 4.79 Å². The number of carboxylic acids is 1. The highest BCUT2D eigenvalue weighted by Crippen LogP contribution is 2.33. The Morgan fingerprint density at radius 1 is 1.28 bits per heavy atom. The summed E-state index contributed by atoms with van der Waals surface area (Å²) >= 11 is 0. The first kappa shape index (κ1) is 14.5. The number of hydrogen-bond donors (Lipinski definition) is 3. The van der Waals surface area contributed by atoms with E-state index in [-0.39, 0.29) is 25.3 Å². The van der Waals surface area contributed by atoms with Crippen LogP contribution in [0.3, 0.4) is 0 Å². The van der Waals surface area contributed by atoms with E-state index in [2.05, 4.69) is 10.6 Å². The van der Waals surface area contributed by atoms with Crippen LogP contribution in [0.1, 0.15) is 45.4 Å². The van der Waals surface area contributed by atoms with Gasteiger partial charge >= 0.3 is 12.0 Å². The van der Waals surface area contributed by atoms with Crippen LogP contribution in [-0.4, -0.2) is 29.1 Å². The third kappa shape index (κ3) is 6.88. The molecule has 1 unspecified atom stereocenters. The minimum atomic E-state index is -0.940. The first-order valence-corrected chi connectivity index (χ1v) is 6.29. The van der Waals surface area contributed by atoms with Gasteiger partial charge in [-0.3, -0.25) is 14.9 Å². The fourth-order valence-electron chi connectivity index (χ4n) is 1.76. The van der Waals surface area contributed by atoms with Crippen molar-refractivity contribution in [2.75, 3.05) is 0 Å². The lowest BCUT2D eigenvalue weighted by Crippen LogP contribution is -2.43. The van der Waals surface area contributed by atoms with Gasteiger partial charge in [0.1, 0.15) is 0 Å². The molecule has 1 aliphatic carbocycles. The molecular weight excluding hydrogens is 236 g/mol. The summed E-state index contributed by atoms with van der Waals surface area (Å²) in [6, 6.07) is -0.437. The number of carboxylic acid groups (broad SMARTS) is 1. The van der Waals surface area contributed by atoms with Crippen molar-refractivity contribution in [3.63, 3.8) is 0 Å². The van der Waals surface area contributed by atoms with E-state index in [1.165, 1.54) is 12.8 Å². The van der Waals surface area contributed by atoms with E-state index >= 15 is 0 Å². The number of rotatable bonds is 7. The van der Waals surface area contributed by atoms with E-state index in [9.17, 15) is 14.4 Å². The summed E-state index contributed by atoms with van der Waals surface area (Å²) in [4.78, 5) is 32.9. The van der Waals surface area contributed by atoms with Crippen LogP contribution >= 0.6 is 0 Å². The molecule has 1 saturated carbocycles. The van der Waals surface area contributed by atoms with Gasteiger partial charge in [0.2, 0.25) is 5.91 Å². The monoisotopic (exact) mass is 256 g/mol. The maximum atomic E-state index is 11.4. The Bertz CT molecular complexity index is 326. The van der Waals surface area contributed by atoms with E-state index < -0.39 is 17.9 Å². The molecule has 3 N–H and O–H groups in total. The number of carbonyl (C=O) groups excluding carboxylic acids is 2. The van der Waals surface area contributed by atoms with E-state index in [4.69, 9.17) is 5.11 Å². The number of nitrogens with one attached hydrogen (secondary N) is 2. The van der Waals surface area contributed by atoms with Crippen LogP contribution in [-0.2, 0) is 9.59 Å². The highest BCUT2D eigenvalue weighted by Gasteiger charge is 2.24. The molecule has 6 heteroatoms. The lowest BCUT2D eigenvalue weighted by atomic mass is 10.2. The Morgan fingerprint density at radius 2 is 1.94 bits per heavy atom. The largest absolute Gasteiger partial charge is 0.481 e. The van der Waals surface area contributed by atoms with Crippen LogP contribution in [0.4, 0.5) is 4.79 Å². The molecule has 0 bridgehead atoms.